The monoisotopic (exact) mass is 356 g/mol. The molecule has 130 valence electrons. The molecule has 0 fully saturated rings. The largest absolute Gasteiger partial charge is 0.456 e. The van der Waals surface area contributed by atoms with Crippen LogP contribution in [0.1, 0.15) is 29.9 Å². The van der Waals surface area contributed by atoms with Crippen molar-refractivity contribution in [2.75, 3.05) is 0 Å². The highest BCUT2D eigenvalue weighted by Crippen LogP contribution is 2.31. The van der Waals surface area contributed by atoms with Crippen LogP contribution >= 0.6 is 0 Å². The van der Waals surface area contributed by atoms with Crippen molar-refractivity contribution in [1.29, 1.82) is 0 Å². The van der Waals surface area contributed by atoms with E-state index in [4.69, 9.17) is 4.12 Å². The first-order valence-electron chi connectivity index (χ1n) is 9.07. The van der Waals surface area contributed by atoms with Crippen LogP contribution in [0.25, 0.3) is 0 Å². The van der Waals surface area contributed by atoms with Gasteiger partial charge in [-0.2, -0.15) is 0 Å². The predicted molar refractivity (Wildman–Crippen MR) is 111 cm³/mol. The van der Waals surface area contributed by atoms with E-state index in [0.29, 0.717) is 5.92 Å². The molecule has 2 aromatic rings. The Hall–Kier alpha value is -1.17. The average molecular weight is 357 g/mol. The summed E-state index contributed by atoms with van der Waals surface area (Å²) in [4.78, 5) is 0. The molecule has 24 heavy (non-hydrogen) atoms. The molecule has 2 rings (SSSR count). The third kappa shape index (κ3) is 6.38. The fourth-order valence-corrected chi connectivity index (χ4v) is 11.6. The van der Waals surface area contributed by atoms with Crippen molar-refractivity contribution in [3.63, 3.8) is 0 Å². The molecular formula is C21H32OSi2. The summed E-state index contributed by atoms with van der Waals surface area (Å²) in [7, 11) is -2.98. The molecule has 0 radical (unpaired) electrons. The highest BCUT2D eigenvalue weighted by molar-refractivity contribution is 6.84. The van der Waals surface area contributed by atoms with Crippen molar-refractivity contribution in [2.45, 2.75) is 57.5 Å². The van der Waals surface area contributed by atoms with Crippen molar-refractivity contribution in [1.82, 2.24) is 0 Å². The first-order valence-corrected chi connectivity index (χ1v) is 15.6. The van der Waals surface area contributed by atoms with Crippen LogP contribution in [0.2, 0.25) is 38.8 Å². The summed E-state index contributed by atoms with van der Waals surface area (Å²) in [6, 6.07) is 23.1. The molecule has 0 N–H and O–H groups in total. The van der Waals surface area contributed by atoms with Gasteiger partial charge in [0.15, 0.2) is 16.6 Å². The van der Waals surface area contributed by atoms with Gasteiger partial charge in [0, 0.05) is 5.92 Å². The Morgan fingerprint density at radius 1 is 0.750 bits per heavy atom. The molecule has 0 saturated carbocycles. The normalized spacial score (nSPS) is 12.6. The molecule has 0 aromatic heterocycles. The maximum atomic E-state index is 6.50. The molecule has 0 heterocycles. The molecule has 0 bridgehead atoms. The third-order valence-corrected chi connectivity index (χ3v) is 10.5. The third-order valence-electron chi connectivity index (χ3n) is 4.26. The summed E-state index contributed by atoms with van der Waals surface area (Å²) >= 11 is 0. The highest BCUT2D eigenvalue weighted by Gasteiger charge is 2.29. The van der Waals surface area contributed by atoms with Crippen LogP contribution in [0.4, 0.5) is 0 Å². The summed E-state index contributed by atoms with van der Waals surface area (Å²) in [5.74, 6) is 0.490. The van der Waals surface area contributed by atoms with E-state index in [0.717, 1.165) is 0 Å². The van der Waals surface area contributed by atoms with E-state index in [1.54, 1.807) is 0 Å². The van der Waals surface area contributed by atoms with Crippen molar-refractivity contribution in [2.24, 2.45) is 0 Å². The van der Waals surface area contributed by atoms with Crippen LogP contribution in [0, 0.1) is 0 Å². The molecule has 1 nitrogen and oxygen atoms in total. The number of benzene rings is 2. The topological polar surface area (TPSA) is 9.23 Å². The Kier molecular flexibility index (Phi) is 6.61. The van der Waals surface area contributed by atoms with Crippen LogP contribution in [0.5, 0.6) is 0 Å². The molecule has 0 aliphatic heterocycles. The molecule has 3 heteroatoms. The van der Waals surface area contributed by atoms with Crippen LogP contribution in [-0.2, 0) is 4.12 Å². The molecule has 0 aliphatic rings. The van der Waals surface area contributed by atoms with E-state index in [-0.39, 0.29) is 0 Å². The van der Waals surface area contributed by atoms with Gasteiger partial charge in [-0.25, -0.2) is 0 Å². The van der Waals surface area contributed by atoms with Gasteiger partial charge in [-0.15, -0.1) is 0 Å². The molecule has 0 spiro atoms. The molecule has 0 atom stereocenters. The minimum atomic E-state index is -1.55. The van der Waals surface area contributed by atoms with E-state index in [9.17, 15) is 0 Å². The second-order valence-electron chi connectivity index (χ2n) is 8.24. The zero-order valence-corrected chi connectivity index (χ0v) is 17.9. The van der Waals surface area contributed by atoms with Gasteiger partial charge in [0.05, 0.1) is 0 Å². The van der Waals surface area contributed by atoms with Gasteiger partial charge in [0.25, 0.3) is 0 Å². The predicted octanol–water partition coefficient (Wildman–Crippen LogP) is 6.66. The lowest BCUT2D eigenvalue weighted by molar-refractivity contribution is 0.538. The van der Waals surface area contributed by atoms with Crippen LogP contribution in [0.15, 0.2) is 60.7 Å². The van der Waals surface area contributed by atoms with E-state index in [1.807, 2.05) is 0 Å². The first kappa shape index (κ1) is 19.2. The fourth-order valence-electron chi connectivity index (χ4n) is 3.51. The zero-order chi connectivity index (χ0) is 17.6. The maximum Gasteiger partial charge on any atom is 0.173 e. The van der Waals surface area contributed by atoms with Gasteiger partial charge in [-0.05, 0) is 56.3 Å². The Labute approximate surface area is 150 Å². The van der Waals surface area contributed by atoms with Crippen molar-refractivity contribution in [3.8, 4) is 0 Å². The Morgan fingerprint density at radius 3 is 1.62 bits per heavy atom. The maximum absolute atomic E-state index is 6.50. The molecule has 0 saturated heterocycles. The molecule has 0 amide bonds. The van der Waals surface area contributed by atoms with Crippen molar-refractivity contribution >= 4 is 16.6 Å². The minimum Gasteiger partial charge on any atom is -0.456 e. The summed E-state index contributed by atoms with van der Waals surface area (Å²) in [6.45, 7) is 11.7. The number of hydrogen-bond donors (Lipinski definition) is 0. The molecular weight excluding hydrogens is 324 g/mol. The van der Waals surface area contributed by atoms with E-state index in [2.05, 4.69) is 93.4 Å². The second-order valence-corrected chi connectivity index (χ2v) is 17.3. The smallest absolute Gasteiger partial charge is 0.173 e. The molecule has 0 aliphatic carbocycles. The van der Waals surface area contributed by atoms with Crippen molar-refractivity contribution in [3.05, 3.63) is 71.8 Å². The summed E-state index contributed by atoms with van der Waals surface area (Å²) in [6.07, 6.45) is 2.43. The van der Waals surface area contributed by atoms with Gasteiger partial charge >= 0.3 is 0 Å². The second kappa shape index (κ2) is 8.28. The van der Waals surface area contributed by atoms with E-state index < -0.39 is 16.6 Å². The molecule has 0 unspecified atom stereocenters. The first-order chi connectivity index (χ1) is 11.3. The Morgan fingerprint density at radius 2 is 1.21 bits per heavy atom. The van der Waals surface area contributed by atoms with Crippen LogP contribution in [-0.4, -0.2) is 16.6 Å². The van der Waals surface area contributed by atoms with E-state index >= 15 is 0 Å². The summed E-state index contributed by atoms with van der Waals surface area (Å²) in [5.41, 5.74) is 2.85. The Balaban J connectivity index is 2.05. The standard InChI is InChI=1S/C21H32OSi2/c1-23(2,3)22-24(4,5)18-12-17-21(19-13-8-6-9-14-19)20-15-10-7-11-16-20/h6-11,13-16,21H,12,17-18H2,1-5H3. The van der Waals surface area contributed by atoms with Crippen LogP contribution < -0.4 is 0 Å². The van der Waals surface area contributed by atoms with Crippen LogP contribution in [0.3, 0.4) is 0 Å². The van der Waals surface area contributed by atoms with Gasteiger partial charge in [-0.1, -0.05) is 67.1 Å². The highest BCUT2D eigenvalue weighted by atomic mass is 28.4. The summed E-state index contributed by atoms with van der Waals surface area (Å²) in [5, 5.41) is 0. The number of rotatable bonds is 8. The van der Waals surface area contributed by atoms with Gasteiger partial charge in [-0.3, -0.25) is 0 Å². The average Bonchev–Trinajstić information content (AvgIpc) is 2.51. The molecule has 2 aromatic carbocycles. The zero-order valence-electron chi connectivity index (χ0n) is 15.9. The lowest BCUT2D eigenvalue weighted by Crippen LogP contribution is -2.42. The van der Waals surface area contributed by atoms with Gasteiger partial charge in [0.2, 0.25) is 0 Å². The lowest BCUT2D eigenvalue weighted by Gasteiger charge is -2.32. The SMILES string of the molecule is C[Si](C)(C)O[Si](C)(C)CCCC(c1ccccc1)c1ccccc1. The van der Waals surface area contributed by atoms with E-state index in [1.165, 1.54) is 30.0 Å². The van der Waals surface area contributed by atoms with Gasteiger partial charge < -0.3 is 4.12 Å². The lowest BCUT2D eigenvalue weighted by atomic mass is 9.88. The number of hydrogen-bond acceptors (Lipinski definition) is 1. The van der Waals surface area contributed by atoms with Crippen molar-refractivity contribution < 1.29 is 4.12 Å². The summed E-state index contributed by atoms with van der Waals surface area (Å²) < 4.78 is 6.50. The quantitative estimate of drug-likeness (QED) is 0.481. The minimum absolute atomic E-state index is 0.490. The fraction of sp³-hybridized carbons (Fsp3) is 0.429. The van der Waals surface area contributed by atoms with Gasteiger partial charge in [0.1, 0.15) is 0 Å². The Bertz CT molecular complexity index is 563.